The number of para-hydroxylation sites is 2. The third-order valence-corrected chi connectivity index (χ3v) is 2.95. The van der Waals surface area contributed by atoms with Crippen LogP contribution in [0.2, 0.25) is 0 Å². The van der Waals surface area contributed by atoms with Gasteiger partial charge in [0.1, 0.15) is 13.2 Å². The van der Waals surface area contributed by atoms with Gasteiger partial charge in [-0.25, -0.2) is 0 Å². The second-order valence-corrected chi connectivity index (χ2v) is 4.15. The van der Waals surface area contributed by atoms with E-state index in [0.29, 0.717) is 0 Å². The molecule has 0 aliphatic carbocycles. The van der Waals surface area contributed by atoms with E-state index in [1.165, 1.54) is 7.11 Å². The molecule has 0 radical (unpaired) electrons. The fourth-order valence-corrected chi connectivity index (χ4v) is 1.98. The summed E-state index contributed by atoms with van der Waals surface area (Å²) in [6.45, 7) is 0. The zero-order valence-corrected chi connectivity index (χ0v) is 11.4. The number of oxime groups is 1. The molecule has 4 heteroatoms. The van der Waals surface area contributed by atoms with E-state index >= 15 is 0 Å². The molecule has 0 bridgehead atoms. The summed E-state index contributed by atoms with van der Waals surface area (Å²) >= 11 is 0. The van der Waals surface area contributed by atoms with Crippen LogP contribution in [-0.4, -0.2) is 19.9 Å². The SMILES string of the molecule is CON=C(C#N)c1ccccc1N(C)c1ccccc1. The second kappa shape index (κ2) is 6.39. The first-order chi connectivity index (χ1) is 9.77. The Kier molecular flexibility index (Phi) is 4.35. The molecule has 0 unspecified atom stereocenters. The number of benzene rings is 2. The number of nitrogens with zero attached hydrogens (tertiary/aromatic N) is 3. The van der Waals surface area contributed by atoms with Crippen molar-refractivity contribution in [3.8, 4) is 6.07 Å². The highest BCUT2D eigenvalue weighted by atomic mass is 16.6. The minimum atomic E-state index is 0.255. The van der Waals surface area contributed by atoms with Gasteiger partial charge in [0.15, 0.2) is 5.71 Å². The molecule has 0 N–H and O–H groups in total. The molecule has 2 rings (SSSR count). The molecule has 0 fully saturated rings. The highest BCUT2D eigenvalue weighted by Gasteiger charge is 2.13. The van der Waals surface area contributed by atoms with Crippen LogP contribution < -0.4 is 4.90 Å². The highest BCUT2D eigenvalue weighted by molar-refractivity contribution is 6.14. The van der Waals surface area contributed by atoms with Crippen LogP contribution in [0.3, 0.4) is 0 Å². The summed E-state index contributed by atoms with van der Waals surface area (Å²) in [6.07, 6.45) is 0. The maximum absolute atomic E-state index is 9.21. The van der Waals surface area contributed by atoms with E-state index in [9.17, 15) is 5.26 Å². The lowest BCUT2D eigenvalue weighted by atomic mass is 10.1. The maximum atomic E-state index is 9.21. The van der Waals surface area contributed by atoms with E-state index in [0.717, 1.165) is 16.9 Å². The van der Waals surface area contributed by atoms with Gasteiger partial charge < -0.3 is 9.74 Å². The molecule has 0 saturated carbocycles. The van der Waals surface area contributed by atoms with Gasteiger partial charge >= 0.3 is 0 Å². The van der Waals surface area contributed by atoms with Gasteiger partial charge in [-0.3, -0.25) is 0 Å². The fourth-order valence-electron chi connectivity index (χ4n) is 1.98. The van der Waals surface area contributed by atoms with Gasteiger partial charge in [0.2, 0.25) is 0 Å². The zero-order valence-electron chi connectivity index (χ0n) is 11.4. The standard InChI is InChI=1S/C16H15N3O/c1-19(13-8-4-3-5-9-13)16-11-7-6-10-14(16)15(12-17)18-20-2/h3-11H,1-2H3. The van der Waals surface area contributed by atoms with Crippen molar-refractivity contribution >= 4 is 17.1 Å². The Morgan fingerprint density at radius 3 is 2.40 bits per heavy atom. The van der Waals surface area contributed by atoms with Crippen molar-refractivity contribution in [1.82, 2.24) is 0 Å². The summed E-state index contributed by atoms with van der Waals surface area (Å²) in [7, 11) is 3.39. The smallest absolute Gasteiger partial charge is 0.188 e. The Morgan fingerprint density at radius 1 is 1.10 bits per heavy atom. The van der Waals surface area contributed by atoms with E-state index in [2.05, 4.69) is 11.2 Å². The molecule has 100 valence electrons. The van der Waals surface area contributed by atoms with Crippen molar-refractivity contribution in [2.45, 2.75) is 0 Å². The quantitative estimate of drug-likeness (QED) is 0.629. The molecular formula is C16H15N3O. The van der Waals surface area contributed by atoms with Gasteiger partial charge in [-0.1, -0.05) is 35.5 Å². The molecule has 2 aromatic carbocycles. The summed E-state index contributed by atoms with van der Waals surface area (Å²) in [6, 6.07) is 19.6. The molecule has 0 amide bonds. The Morgan fingerprint density at radius 2 is 1.75 bits per heavy atom. The van der Waals surface area contributed by atoms with E-state index in [4.69, 9.17) is 4.84 Å². The summed E-state index contributed by atoms with van der Waals surface area (Å²) in [5.74, 6) is 0. The molecule has 0 heterocycles. The second-order valence-electron chi connectivity index (χ2n) is 4.15. The van der Waals surface area contributed by atoms with Crippen molar-refractivity contribution in [3.05, 3.63) is 60.2 Å². The average molecular weight is 265 g/mol. The lowest BCUT2D eigenvalue weighted by Crippen LogP contribution is -2.14. The van der Waals surface area contributed by atoms with Crippen molar-refractivity contribution in [2.24, 2.45) is 5.16 Å². The Labute approximate surface area is 118 Å². The summed E-state index contributed by atoms with van der Waals surface area (Å²) in [5.41, 5.74) is 2.93. The van der Waals surface area contributed by atoms with Crippen LogP contribution in [-0.2, 0) is 4.84 Å². The number of anilines is 2. The fraction of sp³-hybridized carbons (Fsp3) is 0.125. The number of hydrogen-bond acceptors (Lipinski definition) is 4. The Bertz CT molecular complexity index is 644. The number of hydrogen-bond donors (Lipinski definition) is 0. The molecule has 0 aliphatic rings. The summed E-state index contributed by atoms with van der Waals surface area (Å²) in [5, 5.41) is 13.0. The van der Waals surface area contributed by atoms with E-state index in [1.807, 2.05) is 66.5 Å². The van der Waals surface area contributed by atoms with Crippen molar-refractivity contribution in [3.63, 3.8) is 0 Å². The first kappa shape index (κ1) is 13.6. The first-order valence-electron chi connectivity index (χ1n) is 6.17. The monoisotopic (exact) mass is 265 g/mol. The molecule has 2 aromatic rings. The number of nitriles is 1. The van der Waals surface area contributed by atoms with E-state index in [-0.39, 0.29) is 5.71 Å². The van der Waals surface area contributed by atoms with Crippen LogP contribution in [0.1, 0.15) is 5.56 Å². The first-order valence-corrected chi connectivity index (χ1v) is 6.17. The van der Waals surface area contributed by atoms with Crippen LogP contribution in [0, 0.1) is 11.3 Å². The minimum absolute atomic E-state index is 0.255. The van der Waals surface area contributed by atoms with Crippen LogP contribution in [0.4, 0.5) is 11.4 Å². The van der Waals surface area contributed by atoms with Crippen LogP contribution in [0.5, 0.6) is 0 Å². The van der Waals surface area contributed by atoms with Gasteiger partial charge in [0.05, 0.1) is 5.69 Å². The molecule has 20 heavy (non-hydrogen) atoms. The van der Waals surface area contributed by atoms with Crippen LogP contribution in [0.15, 0.2) is 59.8 Å². The summed E-state index contributed by atoms with van der Waals surface area (Å²) < 4.78 is 0. The number of rotatable bonds is 4. The third-order valence-electron chi connectivity index (χ3n) is 2.95. The van der Waals surface area contributed by atoms with E-state index in [1.54, 1.807) is 0 Å². The largest absolute Gasteiger partial charge is 0.398 e. The predicted molar refractivity (Wildman–Crippen MR) is 80.1 cm³/mol. The Balaban J connectivity index is 2.48. The van der Waals surface area contributed by atoms with E-state index < -0.39 is 0 Å². The minimum Gasteiger partial charge on any atom is -0.398 e. The summed E-state index contributed by atoms with van der Waals surface area (Å²) in [4.78, 5) is 6.75. The average Bonchev–Trinajstić information content (AvgIpc) is 2.53. The normalized spacial score (nSPS) is 10.8. The predicted octanol–water partition coefficient (Wildman–Crippen LogP) is 3.33. The third kappa shape index (κ3) is 2.78. The van der Waals surface area contributed by atoms with Gasteiger partial charge in [-0.15, -0.1) is 0 Å². The maximum Gasteiger partial charge on any atom is 0.188 e. The van der Waals surface area contributed by atoms with Crippen molar-refractivity contribution < 1.29 is 4.84 Å². The van der Waals surface area contributed by atoms with Crippen molar-refractivity contribution in [2.75, 3.05) is 19.1 Å². The molecule has 4 nitrogen and oxygen atoms in total. The molecule has 0 aliphatic heterocycles. The topological polar surface area (TPSA) is 48.6 Å². The lowest BCUT2D eigenvalue weighted by Gasteiger charge is -2.21. The van der Waals surface area contributed by atoms with Gasteiger partial charge in [0, 0.05) is 18.3 Å². The van der Waals surface area contributed by atoms with Crippen LogP contribution >= 0.6 is 0 Å². The van der Waals surface area contributed by atoms with Crippen LogP contribution in [0.25, 0.3) is 0 Å². The van der Waals surface area contributed by atoms with Gasteiger partial charge in [-0.2, -0.15) is 5.26 Å². The van der Waals surface area contributed by atoms with Gasteiger partial charge in [0.25, 0.3) is 0 Å². The van der Waals surface area contributed by atoms with Gasteiger partial charge in [-0.05, 0) is 24.3 Å². The molecular weight excluding hydrogens is 250 g/mol. The zero-order chi connectivity index (χ0) is 14.4. The molecule has 0 atom stereocenters. The Hall–Kier alpha value is -2.80. The molecule has 0 saturated heterocycles. The molecule has 0 spiro atoms. The molecule has 0 aromatic heterocycles. The highest BCUT2D eigenvalue weighted by Crippen LogP contribution is 2.27. The lowest BCUT2D eigenvalue weighted by molar-refractivity contribution is 0.214. The van der Waals surface area contributed by atoms with Crippen molar-refractivity contribution in [1.29, 1.82) is 5.26 Å².